The maximum Gasteiger partial charge on any atom is 0.407 e. The number of aliphatic imine (C=N–C) groups is 1. The molecule has 3 heterocycles. The van der Waals surface area contributed by atoms with Crippen LogP contribution >= 0.6 is 0 Å². The Labute approximate surface area is 215 Å². The maximum atomic E-state index is 12.5. The number of rotatable bonds is 7. The minimum Gasteiger partial charge on any atom is -0.404 e. The van der Waals surface area contributed by atoms with Crippen LogP contribution < -0.4 is 11.3 Å². The van der Waals surface area contributed by atoms with Crippen molar-refractivity contribution in [2.75, 3.05) is 13.1 Å². The van der Waals surface area contributed by atoms with Gasteiger partial charge in [0, 0.05) is 79.5 Å². The summed E-state index contributed by atoms with van der Waals surface area (Å²) in [5, 5.41) is 0. The molecular formula is C27H33F3N6O. The highest BCUT2D eigenvalue weighted by Crippen LogP contribution is 2.29. The average molecular weight is 515 g/mol. The molecule has 0 amide bonds. The van der Waals surface area contributed by atoms with Gasteiger partial charge in [-0.2, -0.15) is 13.2 Å². The van der Waals surface area contributed by atoms with Crippen molar-refractivity contribution in [3.05, 3.63) is 80.1 Å². The van der Waals surface area contributed by atoms with E-state index in [0.29, 0.717) is 35.6 Å². The van der Waals surface area contributed by atoms with E-state index in [9.17, 15) is 18.0 Å². The molecule has 0 radical (unpaired) electrons. The maximum absolute atomic E-state index is 12.5. The van der Waals surface area contributed by atoms with Crippen LogP contribution in [0.15, 0.2) is 51.2 Å². The van der Waals surface area contributed by atoms with Crippen LogP contribution in [0.4, 0.5) is 13.2 Å². The minimum absolute atomic E-state index is 0.114. The third kappa shape index (κ3) is 6.96. The van der Waals surface area contributed by atoms with Crippen molar-refractivity contribution in [3.63, 3.8) is 0 Å². The lowest BCUT2D eigenvalue weighted by Crippen LogP contribution is -2.32. The molecule has 3 rings (SSSR count). The fraction of sp³-hybridized carbons (Fsp3) is 0.407. The monoisotopic (exact) mass is 514 g/mol. The minimum atomic E-state index is -4.38. The molecule has 2 aromatic rings. The number of hydrogen-bond donors (Lipinski definition) is 1. The third-order valence-corrected chi connectivity index (χ3v) is 6.32. The van der Waals surface area contributed by atoms with Crippen LogP contribution in [0.3, 0.4) is 0 Å². The zero-order valence-electron chi connectivity index (χ0n) is 21.9. The number of halogens is 3. The summed E-state index contributed by atoms with van der Waals surface area (Å²) in [6.45, 7) is 8.06. The number of pyridine rings is 1. The van der Waals surface area contributed by atoms with E-state index in [0.717, 1.165) is 41.7 Å². The van der Waals surface area contributed by atoms with Gasteiger partial charge in [-0.05, 0) is 56.0 Å². The van der Waals surface area contributed by atoms with E-state index in [1.165, 1.54) is 22.4 Å². The second-order valence-corrected chi connectivity index (χ2v) is 9.17. The van der Waals surface area contributed by atoms with Crippen LogP contribution in [-0.2, 0) is 20.0 Å². The van der Waals surface area contributed by atoms with Crippen molar-refractivity contribution < 1.29 is 13.2 Å². The highest BCUT2D eigenvalue weighted by molar-refractivity contribution is 6.09. The van der Waals surface area contributed by atoms with E-state index in [1.807, 2.05) is 19.1 Å². The molecule has 0 saturated heterocycles. The van der Waals surface area contributed by atoms with Gasteiger partial charge in [-0.1, -0.05) is 6.92 Å². The number of aromatic nitrogens is 3. The largest absolute Gasteiger partial charge is 0.407 e. The summed E-state index contributed by atoms with van der Waals surface area (Å²) in [5.74, 6) is 0.584. The Morgan fingerprint density at radius 2 is 2.00 bits per heavy atom. The standard InChI is InChI=1S/C27H33F3N6O/c1-6-17(2)26(18(3)9-24-34-19(4)10-25(37)35(24)5)36-8-7-23-21(15-36)11-20(14-33-23)22(12-31)13-32-16-27(28,29)30/h9-14H,6-8,15-16,31H2,1-5H3/b18-9-,22-12+,26-17?,32-13?. The van der Waals surface area contributed by atoms with Gasteiger partial charge in [0.05, 0.1) is 0 Å². The van der Waals surface area contributed by atoms with E-state index >= 15 is 0 Å². The Hall–Kier alpha value is -3.69. The summed E-state index contributed by atoms with van der Waals surface area (Å²) >= 11 is 0. The van der Waals surface area contributed by atoms with Crippen molar-refractivity contribution in [1.29, 1.82) is 0 Å². The molecule has 1 aliphatic heterocycles. The molecule has 0 spiro atoms. The Morgan fingerprint density at radius 1 is 1.27 bits per heavy atom. The zero-order valence-corrected chi connectivity index (χ0v) is 21.9. The van der Waals surface area contributed by atoms with Gasteiger partial charge in [0.15, 0.2) is 0 Å². The molecule has 0 saturated carbocycles. The van der Waals surface area contributed by atoms with Crippen LogP contribution in [0.1, 0.15) is 55.5 Å². The van der Waals surface area contributed by atoms with Crippen LogP contribution in [0.25, 0.3) is 11.6 Å². The fourth-order valence-corrected chi connectivity index (χ4v) is 4.33. The van der Waals surface area contributed by atoms with Crippen molar-refractivity contribution in [1.82, 2.24) is 19.4 Å². The first-order chi connectivity index (χ1) is 17.4. The number of alkyl halides is 3. The quantitative estimate of drug-likeness (QED) is 0.432. The normalized spacial score (nSPS) is 15.7. The molecule has 10 heteroatoms. The summed E-state index contributed by atoms with van der Waals surface area (Å²) in [6, 6.07) is 3.42. The Bertz CT molecular complexity index is 1330. The van der Waals surface area contributed by atoms with E-state index in [-0.39, 0.29) is 5.56 Å². The average Bonchev–Trinajstić information content (AvgIpc) is 2.83. The predicted molar refractivity (Wildman–Crippen MR) is 141 cm³/mol. The van der Waals surface area contributed by atoms with E-state index < -0.39 is 12.7 Å². The van der Waals surface area contributed by atoms with Gasteiger partial charge in [0.2, 0.25) is 0 Å². The molecule has 0 aliphatic carbocycles. The molecule has 37 heavy (non-hydrogen) atoms. The Kier molecular flexibility index (Phi) is 8.73. The summed E-state index contributed by atoms with van der Waals surface area (Å²) in [7, 11) is 1.70. The van der Waals surface area contributed by atoms with Gasteiger partial charge in [-0.3, -0.25) is 19.3 Å². The second-order valence-electron chi connectivity index (χ2n) is 9.17. The number of nitrogens with two attached hydrogens (primary N) is 1. The third-order valence-electron chi connectivity index (χ3n) is 6.32. The van der Waals surface area contributed by atoms with Gasteiger partial charge < -0.3 is 10.6 Å². The lowest BCUT2D eigenvalue weighted by Gasteiger charge is -2.34. The highest BCUT2D eigenvalue weighted by atomic mass is 19.4. The summed E-state index contributed by atoms with van der Waals surface area (Å²) in [5.41, 5.74) is 12.4. The van der Waals surface area contributed by atoms with Crippen molar-refractivity contribution in [2.24, 2.45) is 17.8 Å². The van der Waals surface area contributed by atoms with Gasteiger partial charge >= 0.3 is 6.18 Å². The molecule has 0 unspecified atom stereocenters. The van der Waals surface area contributed by atoms with Crippen LogP contribution in [0.2, 0.25) is 0 Å². The van der Waals surface area contributed by atoms with Gasteiger partial charge in [-0.25, -0.2) is 4.98 Å². The van der Waals surface area contributed by atoms with E-state index in [4.69, 9.17) is 5.73 Å². The van der Waals surface area contributed by atoms with Crippen molar-refractivity contribution in [2.45, 2.75) is 53.3 Å². The van der Waals surface area contributed by atoms with Crippen LogP contribution in [0, 0.1) is 6.92 Å². The predicted octanol–water partition coefficient (Wildman–Crippen LogP) is 4.56. The topological polar surface area (TPSA) is 89.4 Å². The summed E-state index contributed by atoms with van der Waals surface area (Å²) in [6.07, 6.45) is 3.11. The SMILES string of the molecule is CCC(C)=C(/C(C)=C\c1nc(C)cc(=O)n1C)N1CCc2ncc(/C(C=NCC(F)(F)F)=C/N)cc2C1. The smallest absolute Gasteiger partial charge is 0.404 e. The molecule has 0 atom stereocenters. The molecular weight excluding hydrogens is 481 g/mol. The highest BCUT2D eigenvalue weighted by Gasteiger charge is 2.26. The molecule has 0 aromatic carbocycles. The number of allylic oxidation sites excluding steroid dienone is 3. The number of nitrogens with zero attached hydrogens (tertiary/aromatic N) is 5. The molecule has 0 fully saturated rings. The lowest BCUT2D eigenvalue weighted by molar-refractivity contribution is -0.118. The molecule has 2 aromatic heterocycles. The van der Waals surface area contributed by atoms with Crippen LogP contribution in [0.5, 0.6) is 0 Å². The number of hydrogen-bond acceptors (Lipinski definition) is 6. The van der Waals surface area contributed by atoms with Gasteiger partial charge in [0.25, 0.3) is 5.56 Å². The Morgan fingerprint density at radius 3 is 2.65 bits per heavy atom. The van der Waals surface area contributed by atoms with Crippen molar-refractivity contribution >= 4 is 17.9 Å². The van der Waals surface area contributed by atoms with E-state index in [2.05, 4.69) is 33.7 Å². The fourth-order valence-electron chi connectivity index (χ4n) is 4.33. The first-order valence-corrected chi connectivity index (χ1v) is 12.1. The first kappa shape index (κ1) is 27.9. The molecule has 1 aliphatic rings. The van der Waals surface area contributed by atoms with E-state index in [1.54, 1.807) is 20.2 Å². The van der Waals surface area contributed by atoms with Crippen molar-refractivity contribution in [3.8, 4) is 0 Å². The second kappa shape index (κ2) is 11.6. The number of aryl methyl sites for hydroxylation is 1. The van der Waals surface area contributed by atoms with Crippen LogP contribution in [-0.4, -0.2) is 44.9 Å². The summed E-state index contributed by atoms with van der Waals surface area (Å²) in [4.78, 5) is 27.1. The molecule has 198 valence electrons. The van der Waals surface area contributed by atoms with Gasteiger partial charge in [-0.15, -0.1) is 0 Å². The van der Waals surface area contributed by atoms with Gasteiger partial charge in [0.1, 0.15) is 12.4 Å². The summed E-state index contributed by atoms with van der Waals surface area (Å²) < 4.78 is 39.0. The Balaban J connectivity index is 1.94. The molecule has 7 nitrogen and oxygen atoms in total. The lowest BCUT2D eigenvalue weighted by atomic mass is 9.97. The zero-order chi connectivity index (χ0) is 27.3. The molecule has 0 bridgehead atoms. The number of fused-ring (bicyclic) bond motifs is 1. The first-order valence-electron chi connectivity index (χ1n) is 12.1. The molecule has 2 N–H and O–H groups in total.